The van der Waals surface area contributed by atoms with E-state index < -0.39 is 5.67 Å². The highest BCUT2D eigenvalue weighted by Gasteiger charge is 2.32. The van der Waals surface area contributed by atoms with Crippen LogP contribution >= 0.6 is 0 Å². The molecule has 3 nitrogen and oxygen atoms in total. The Labute approximate surface area is 94.7 Å². The van der Waals surface area contributed by atoms with E-state index in [9.17, 15) is 9.50 Å². The summed E-state index contributed by atoms with van der Waals surface area (Å²) < 4.78 is 13.9. The number of nitrogens with zero attached hydrogens (tertiary/aromatic N) is 1. The number of piperidine rings is 1. The zero-order valence-corrected chi connectivity index (χ0v) is 9.19. The van der Waals surface area contributed by atoms with E-state index >= 15 is 0 Å². The molecule has 1 saturated heterocycles. The zero-order valence-electron chi connectivity index (χ0n) is 9.19. The standard InChI is InChI=1S/C12H17FN2O/c13-12(9-14)5-7-15(8-6-12)10-1-3-11(16)4-2-10/h1-4,16H,5-9,14H2. The van der Waals surface area contributed by atoms with Crippen molar-refractivity contribution in [1.29, 1.82) is 0 Å². The van der Waals surface area contributed by atoms with Crippen LogP contribution in [0.25, 0.3) is 0 Å². The first-order chi connectivity index (χ1) is 7.63. The number of halogens is 1. The van der Waals surface area contributed by atoms with E-state index in [0.29, 0.717) is 25.9 Å². The maximum atomic E-state index is 13.9. The molecule has 0 atom stereocenters. The van der Waals surface area contributed by atoms with Gasteiger partial charge in [-0.25, -0.2) is 4.39 Å². The third kappa shape index (κ3) is 2.27. The minimum Gasteiger partial charge on any atom is -0.508 e. The number of benzene rings is 1. The van der Waals surface area contributed by atoms with E-state index in [1.165, 1.54) is 0 Å². The number of hydrogen-bond donors (Lipinski definition) is 2. The summed E-state index contributed by atoms with van der Waals surface area (Å²) in [5.74, 6) is 0.252. The summed E-state index contributed by atoms with van der Waals surface area (Å²) in [6, 6.07) is 7.00. The molecular formula is C12H17FN2O. The van der Waals surface area contributed by atoms with Crippen LogP contribution in [0, 0.1) is 0 Å². The maximum Gasteiger partial charge on any atom is 0.126 e. The lowest BCUT2D eigenvalue weighted by atomic mass is 9.93. The van der Waals surface area contributed by atoms with Crippen LogP contribution in [0.2, 0.25) is 0 Å². The van der Waals surface area contributed by atoms with E-state index in [-0.39, 0.29) is 12.3 Å². The summed E-state index contributed by atoms with van der Waals surface area (Å²) in [7, 11) is 0. The molecule has 88 valence electrons. The zero-order chi connectivity index (χ0) is 11.6. The monoisotopic (exact) mass is 224 g/mol. The van der Waals surface area contributed by atoms with Crippen molar-refractivity contribution in [1.82, 2.24) is 0 Å². The number of hydrogen-bond acceptors (Lipinski definition) is 3. The van der Waals surface area contributed by atoms with Gasteiger partial charge in [-0.3, -0.25) is 0 Å². The second kappa shape index (κ2) is 4.29. The molecule has 1 aromatic rings. The smallest absolute Gasteiger partial charge is 0.126 e. The molecule has 1 aromatic carbocycles. The van der Waals surface area contributed by atoms with Gasteiger partial charge in [-0.1, -0.05) is 0 Å². The highest BCUT2D eigenvalue weighted by atomic mass is 19.1. The fraction of sp³-hybridized carbons (Fsp3) is 0.500. The quantitative estimate of drug-likeness (QED) is 0.803. The van der Waals surface area contributed by atoms with Gasteiger partial charge in [0.25, 0.3) is 0 Å². The van der Waals surface area contributed by atoms with E-state index in [2.05, 4.69) is 4.90 Å². The molecule has 4 heteroatoms. The molecule has 0 aromatic heterocycles. The van der Waals surface area contributed by atoms with Crippen molar-refractivity contribution >= 4 is 5.69 Å². The fourth-order valence-corrected chi connectivity index (χ4v) is 2.03. The summed E-state index contributed by atoms with van der Waals surface area (Å²) >= 11 is 0. The van der Waals surface area contributed by atoms with Crippen LogP contribution in [-0.2, 0) is 0 Å². The molecule has 2 rings (SSSR count). The molecule has 0 saturated carbocycles. The van der Waals surface area contributed by atoms with Gasteiger partial charge in [0.2, 0.25) is 0 Å². The van der Waals surface area contributed by atoms with Gasteiger partial charge in [0, 0.05) is 38.2 Å². The van der Waals surface area contributed by atoms with Gasteiger partial charge in [0.1, 0.15) is 11.4 Å². The Bertz CT molecular complexity index is 345. The van der Waals surface area contributed by atoms with Crippen LogP contribution in [0.4, 0.5) is 10.1 Å². The number of nitrogens with two attached hydrogens (primary N) is 1. The number of phenols is 1. The van der Waals surface area contributed by atoms with Crippen molar-refractivity contribution in [2.45, 2.75) is 18.5 Å². The van der Waals surface area contributed by atoms with Gasteiger partial charge in [-0.2, -0.15) is 0 Å². The first-order valence-corrected chi connectivity index (χ1v) is 5.56. The molecule has 0 bridgehead atoms. The summed E-state index contributed by atoms with van der Waals surface area (Å²) in [6.45, 7) is 1.47. The van der Waals surface area contributed by atoms with Crippen LogP contribution < -0.4 is 10.6 Å². The first kappa shape index (κ1) is 11.2. The Hall–Kier alpha value is -1.29. The number of rotatable bonds is 2. The fourth-order valence-electron chi connectivity index (χ4n) is 2.03. The lowest BCUT2D eigenvalue weighted by Gasteiger charge is -2.37. The van der Waals surface area contributed by atoms with Crippen molar-refractivity contribution < 1.29 is 9.50 Å². The van der Waals surface area contributed by atoms with Gasteiger partial charge in [0.15, 0.2) is 0 Å². The summed E-state index contributed by atoms with van der Waals surface area (Å²) in [5.41, 5.74) is 5.25. The Balaban J connectivity index is 2.01. The molecular weight excluding hydrogens is 207 g/mol. The average molecular weight is 224 g/mol. The third-order valence-electron chi connectivity index (χ3n) is 3.24. The highest BCUT2D eigenvalue weighted by molar-refractivity contribution is 5.49. The lowest BCUT2D eigenvalue weighted by Crippen LogP contribution is -2.45. The van der Waals surface area contributed by atoms with Gasteiger partial charge in [-0.15, -0.1) is 0 Å². The van der Waals surface area contributed by atoms with Gasteiger partial charge in [-0.05, 0) is 24.3 Å². The third-order valence-corrected chi connectivity index (χ3v) is 3.24. The van der Waals surface area contributed by atoms with Crippen LogP contribution in [0.1, 0.15) is 12.8 Å². The average Bonchev–Trinajstić information content (AvgIpc) is 2.32. The molecule has 3 N–H and O–H groups in total. The Morgan fingerprint density at radius 1 is 1.25 bits per heavy atom. The number of anilines is 1. The van der Waals surface area contributed by atoms with Crippen molar-refractivity contribution in [3.8, 4) is 5.75 Å². The van der Waals surface area contributed by atoms with E-state index in [4.69, 9.17) is 5.73 Å². The first-order valence-electron chi connectivity index (χ1n) is 5.56. The van der Waals surface area contributed by atoms with Crippen molar-refractivity contribution in [3.05, 3.63) is 24.3 Å². The SMILES string of the molecule is NCC1(F)CCN(c2ccc(O)cc2)CC1. The topological polar surface area (TPSA) is 49.5 Å². The molecule has 1 aliphatic rings. The summed E-state index contributed by atoms with van der Waals surface area (Å²) in [6.07, 6.45) is 0.953. The van der Waals surface area contributed by atoms with Crippen LogP contribution in [0.5, 0.6) is 5.75 Å². The summed E-state index contributed by atoms with van der Waals surface area (Å²) in [4.78, 5) is 2.12. The second-order valence-electron chi connectivity index (χ2n) is 4.36. The Morgan fingerprint density at radius 3 is 2.31 bits per heavy atom. The predicted molar refractivity (Wildman–Crippen MR) is 62.4 cm³/mol. The second-order valence-corrected chi connectivity index (χ2v) is 4.36. The van der Waals surface area contributed by atoms with Crippen LogP contribution in [-0.4, -0.2) is 30.4 Å². The minimum atomic E-state index is -1.19. The van der Waals surface area contributed by atoms with Crippen LogP contribution in [0.3, 0.4) is 0 Å². The molecule has 16 heavy (non-hydrogen) atoms. The van der Waals surface area contributed by atoms with Crippen molar-refractivity contribution in [2.75, 3.05) is 24.5 Å². The summed E-state index contributed by atoms with van der Waals surface area (Å²) in [5, 5.41) is 9.18. The molecule has 0 aliphatic carbocycles. The minimum absolute atomic E-state index is 0.108. The molecule has 1 aliphatic heterocycles. The van der Waals surface area contributed by atoms with Gasteiger partial charge >= 0.3 is 0 Å². The lowest BCUT2D eigenvalue weighted by molar-refractivity contribution is 0.135. The van der Waals surface area contributed by atoms with E-state index in [0.717, 1.165) is 5.69 Å². The normalized spacial score (nSPS) is 19.8. The van der Waals surface area contributed by atoms with Crippen LogP contribution in [0.15, 0.2) is 24.3 Å². The number of alkyl halides is 1. The van der Waals surface area contributed by atoms with Gasteiger partial charge < -0.3 is 15.7 Å². The molecule has 1 fully saturated rings. The molecule has 0 radical (unpaired) electrons. The molecule has 1 heterocycles. The van der Waals surface area contributed by atoms with Crippen molar-refractivity contribution in [2.24, 2.45) is 5.73 Å². The Kier molecular flexibility index (Phi) is 3.01. The van der Waals surface area contributed by atoms with E-state index in [1.54, 1.807) is 12.1 Å². The highest BCUT2D eigenvalue weighted by Crippen LogP contribution is 2.29. The molecule has 0 unspecified atom stereocenters. The maximum absolute atomic E-state index is 13.9. The van der Waals surface area contributed by atoms with Crippen molar-refractivity contribution in [3.63, 3.8) is 0 Å². The largest absolute Gasteiger partial charge is 0.508 e. The number of aromatic hydroxyl groups is 1. The Morgan fingerprint density at radius 2 is 1.81 bits per heavy atom. The predicted octanol–water partition coefficient (Wildman–Crippen LogP) is 1.66. The van der Waals surface area contributed by atoms with E-state index in [1.807, 2.05) is 12.1 Å². The molecule has 0 spiro atoms. The van der Waals surface area contributed by atoms with Gasteiger partial charge in [0.05, 0.1) is 0 Å². The molecule has 0 amide bonds. The number of phenolic OH excluding ortho intramolecular Hbond substituents is 1.